The van der Waals surface area contributed by atoms with Crippen molar-refractivity contribution in [2.24, 2.45) is 5.73 Å². The molecule has 0 radical (unpaired) electrons. The molecule has 3 N–H and O–H groups in total. The van der Waals surface area contributed by atoms with E-state index >= 15 is 0 Å². The highest BCUT2D eigenvalue weighted by atomic mass is 16.5. The lowest BCUT2D eigenvalue weighted by atomic mass is 9.85. The van der Waals surface area contributed by atoms with Gasteiger partial charge in [0.05, 0.1) is 13.7 Å². The van der Waals surface area contributed by atoms with E-state index in [1.165, 1.54) is 0 Å². The number of rotatable bonds is 3. The first kappa shape index (κ1) is 13.5. The molecule has 1 aromatic heterocycles. The minimum atomic E-state index is -0.00560. The Morgan fingerprint density at radius 2 is 2.05 bits per heavy atom. The van der Waals surface area contributed by atoms with Crippen LogP contribution in [0.2, 0.25) is 0 Å². The van der Waals surface area contributed by atoms with Crippen molar-refractivity contribution < 1.29 is 4.74 Å². The zero-order valence-corrected chi connectivity index (χ0v) is 11.8. The summed E-state index contributed by atoms with van der Waals surface area (Å²) >= 11 is 0. The molecule has 5 nitrogen and oxygen atoms in total. The van der Waals surface area contributed by atoms with Crippen LogP contribution in [-0.2, 0) is 12.0 Å². The fourth-order valence-electron chi connectivity index (χ4n) is 1.95. The van der Waals surface area contributed by atoms with Gasteiger partial charge in [-0.3, -0.25) is 5.10 Å². The highest BCUT2D eigenvalue weighted by molar-refractivity contribution is 5.59. The minimum absolute atomic E-state index is 0.00560. The monoisotopic (exact) mass is 260 g/mol. The summed E-state index contributed by atoms with van der Waals surface area (Å²) in [7, 11) is 1.68. The average Bonchev–Trinajstić information content (AvgIpc) is 2.85. The second-order valence-corrected chi connectivity index (χ2v) is 5.47. The fourth-order valence-corrected chi connectivity index (χ4v) is 1.95. The predicted octanol–water partition coefficient (Wildman–Crippen LogP) is 2.24. The topological polar surface area (TPSA) is 76.8 Å². The molecule has 102 valence electrons. The first-order valence-corrected chi connectivity index (χ1v) is 6.26. The van der Waals surface area contributed by atoms with Crippen molar-refractivity contribution in [2.45, 2.75) is 32.7 Å². The molecule has 0 aliphatic heterocycles. The number of hydrogen-bond acceptors (Lipinski definition) is 4. The maximum atomic E-state index is 5.53. The Labute approximate surface area is 113 Å². The zero-order chi connectivity index (χ0) is 14.0. The van der Waals surface area contributed by atoms with E-state index in [1.807, 2.05) is 12.1 Å². The summed E-state index contributed by atoms with van der Waals surface area (Å²) in [5.74, 6) is 2.22. The normalized spacial score (nSPS) is 11.6. The number of nitrogens with one attached hydrogen (secondary N) is 1. The van der Waals surface area contributed by atoms with Crippen LogP contribution in [0.4, 0.5) is 0 Å². The van der Waals surface area contributed by atoms with E-state index in [1.54, 1.807) is 7.11 Å². The van der Waals surface area contributed by atoms with Crippen LogP contribution >= 0.6 is 0 Å². The molecule has 0 aliphatic rings. The molecule has 1 heterocycles. The Hall–Kier alpha value is -1.88. The summed E-state index contributed by atoms with van der Waals surface area (Å²) < 4.78 is 5.42. The van der Waals surface area contributed by atoms with Crippen LogP contribution in [-0.4, -0.2) is 22.3 Å². The van der Waals surface area contributed by atoms with Gasteiger partial charge in [-0.15, -0.1) is 0 Å². The number of nitrogens with zero attached hydrogens (tertiary/aromatic N) is 2. The summed E-state index contributed by atoms with van der Waals surface area (Å²) in [6.45, 7) is 6.81. The standard InChI is InChI=1S/C14H20N4O/c1-14(2,3)10-7-9(5-6-11(10)19-4)13-16-12(8-15)17-18-13/h5-7H,8,15H2,1-4H3,(H,16,17,18). The van der Waals surface area contributed by atoms with Crippen LogP contribution in [0, 0.1) is 0 Å². The van der Waals surface area contributed by atoms with Gasteiger partial charge >= 0.3 is 0 Å². The number of ether oxygens (including phenoxy) is 1. The largest absolute Gasteiger partial charge is 0.496 e. The molecule has 0 spiro atoms. The van der Waals surface area contributed by atoms with E-state index in [0.29, 0.717) is 18.2 Å². The average molecular weight is 260 g/mol. The molecule has 1 aromatic carbocycles. The molecular weight excluding hydrogens is 240 g/mol. The Bertz CT molecular complexity index is 569. The molecule has 0 fully saturated rings. The minimum Gasteiger partial charge on any atom is -0.496 e. The third-order valence-electron chi connectivity index (χ3n) is 2.99. The van der Waals surface area contributed by atoms with Gasteiger partial charge in [0.2, 0.25) is 0 Å². The number of H-pyrrole nitrogens is 1. The lowest BCUT2D eigenvalue weighted by Crippen LogP contribution is -2.13. The van der Waals surface area contributed by atoms with Gasteiger partial charge in [0.1, 0.15) is 11.6 Å². The van der Waals surface area contributed by atoms with E-state index < -0.39 is 0 Å². The van der Waals surface area contributed by atoms with Gasteiger partial charge < -0.3 is 10.5 Å². The molecule has 0 unspecified atom stereocenters. The Morgan fingerprint density at radius 1 is 1.32 bits per heavy atom. The van der Waals surface area contributed by atoms with Gasteiger partial charge in [0.25, 0.3) is 0 Å². The van der Waals surface area contributed by atoms with E-state index in [0.717, 1.165) is 16.9 Å². The van der Waals surface area contributed by atoms with Gasteiger partial charge in [-0.05, 0) is 23.6 Å². The molecule has 0 saturated carbocycles. The molecular formula is C14H20N4O. The maximum Gasteiger partial charge on any atom is 0.181 e. The Balaban J connectivity index is 2.48. The van der Waals surface area contributed by atoms with Gasteiger partial charge in [-0.25, -0.2) is 4.98 Å². The van der Waals surface area contributed by atoms with E-state index in [9.17, 15) is 0 Å². The van der Waals surface area contributed by atoms with Crippen LogP contribution in [0.3, 0.4) is 0 Å². The summed E-state index contributed by atoms with van der Waals surface area (Å²) in [5, 5.41) is 7.00. The number of benzene rings is 1. The van der Waals surface area contributed by atoms with Gasteiger partial charge in [-0.1, -0.05) is 20.8 Å². The molecule has 0 saturated heterocycles. The molecule has 0 amide bonds. The summed E-state index contributed by atoms with van der Waals surface area (Å²) in [6, 6.07) is 5.98. The third-order valence-corrected chi connectivity index (χ3v) is 2.99. The van der Waals surface area contributed by atoms with Crippen molar-refractivity contribution >= 4 is 0 Å². The van der Waals surface area contributed by atoms with Crippen LogP contribution in [0.5, 0.6) is 5.75 Å². The number of aromatic amines is 1. The molecule has 2 rings (SSSR count). The Morgan fingerprint density at radius 3 is 2.58 bits per heavy atom. The highest BCUT2D eigenvalue weighted by Crippen LogP contribution is 2.34. The van der Waals surface area contributed by atoms with Crippen molar-refractivity contribution in [1.82, 2.24) is 15.2 Å². The Kier molecular flexibility index (Phi) is 3.57. The predicted molar refractivity (Wildman–Crippen MR) is 75.0 cm³/mol. The summed E-state index contributed by atoms with van der Waals surface area (Å²) in [4.78, 5) is 4.35. The molecule has 0 aliphatic carbocycles. The SMILES string of the molecule is COc1ccc(-c2n[nH]c(CN)n2)cc1C(C)(C)C. The van der Waals surface area contributed by atoms with Crippen molar-refractivity contribution in [2.75, 3.05) is 7.11 Å². The van der Waals surface area contributed by atoms with E-state index in [-0.39, 0.29) is 5.41 Å². The van der Waals surface area contributed by atoms with Crippen molar-refractivity contribution in [3.63, 3.8) is 0 Å². The van der Waals surface area contributed by atoms with Crippen LogP contribution < -0.4 is 10.5 Å². The highest BCUT2D eigenvalue weighted by Gasteiger charge is 2.20. The number of hydrogen-bond donors (Lipinski definition) is 2. The number of aromatic nitrogens is 3. The van der Waals surface area contributed by atoms with Crippen LogP contribution in [0.1, 0.15) is 32.2 Å². The first-order chi connectivity index (χ1) is 8.95. The van der Waals surface area contributed by atoms with Gasteiger partial charge in [-0.2, -0.15) is 5.10 Å². The summed E-state index contributed by atoms with van der Waals surface area (Å²) in [5.41, 5.74) is 7.62. The third kappa shape index (κ3) is 2.76. The number of nitrogens with two attached hydrogens (primary N) is 1. The summed E-state index contributed by atoms with van der Waals surface area (Å²) in [6.07, 6.45) is 0. The van der Waals surface area contributed by atoms with Crippen LogP contribution in [0.25, 0.3) is 11.4 Å². The van der Waals surface area contributed by atoms with E-state index in [2.05, 4.69) is 42.0 Å². The first-order valence-electron chi connectivity index (χ1n) is 6.26. The van der Waals surface area contributed by atoms with Crippen molar-refractivity contribution in [3.05, 3.63) is 29.6 Å². The van der Waals surface area contributed by atoms with Gasteiger partial charge in [0, 0.05) is 11.1 Å². The van der Waals surface area contributed by atoms with Gasteiger partial charge in [0.15, 0.2) is 5.82 Å². The molecule has 19 heavy (non-hydrogen) atoms. The van der Waals surface area contributed by atoms with Crippen molar-refractivity contribution in [1.29, 1.82) is 0 Å². The smallest absolute Gasteiger partial charge is 0.181 e. The lowest BCUT2D eigenvalue weighted by Gasteiger charge is -2.22. The lowest BCUT2D eigenvalue weighted by molar-refractivity contribution is 0.397. The van der Waals surface area contributed by atoms with E-state index in [4.69, 9.17) is 10.5 Å². The molecule has 0 atom stereocenters. The van der Waals surface area contributed by atoms with Crippen molar-refractivity contribution in [3.8, 4) is 17.1 Å². The molecule has 2 aromatic rings. The maximum absolute atomic E-state index is 5.53. The number of methoxy groups -OCH3 is 1. The zero-order valence-electron chi connectivity index (χ0n) is 11.8. The quantitative estimate of drug-likeness (QED) is 0.887. The second kappa shape index (κ2) is 5.01. The van der Waals surface area contributed by atoms with Crippen LogP contribution in [0.15, 0.2) is 18.2 Å². The molecule has 0 bridgehead atoms. The molecule has 5 heteroatoms. The fraction of sp³-hybridized carbons (Fsp3) is 0.429. The second-order valence-electron chi connectivity index (χ2n) is 5.47.